The van der Waals surface area contributed by atoms with Crippen LogP contribution in [-0.4, -0.2) is 38.3 Å². The first-order valence-electron chi connectivity index (χ1n) is 7.40. The third-order valence-corrected chi connectivity index (χ3v) is 3.83. The number of nitrogens with zero attached hydrogens (tertiary/aromatic N) is 1. The van der Waals surface area contributed by atoms with E-state index in [0.717, 1.165) is 17.0 Å². The smallest absolute Gasteiger partial charge is 0.251 e. The molecular weight excluding hydrogens is 292 g/mol. The van der Waals surface area contributed by atoms with Gasteiger partial charge in [-0.25, -0.2) is 0 Å². The molecule has 2 aromatic carbocycles. The summed E-state index contributed by atoms with van der Waals surface area (Å²) >= 11 is 0. The maximum absolute atomic E-state index is 12.0. The van der Waals surface area contributed by atoms with E-state index in [9.17, 15) is 9.90 Å². The first-order chi connectivity index (χ1) is 11.1. The highest BCUT2D eigenvalue weighted by Gasteiger charge is 2.30. The largest absolute Gasteiger partial charge is 0.497 e. The number of likely N-dealkylation sites (N-methyl/N-ethyl adjacent to an activating group) is 2. The fraction of sp³-hybridized carbons (Fsp3) is 0.278. The van der Waals surface area contributed by atoms with E-state index in [2.05, 4.69) is 5.32 Å². The lowest BCUT2D eigenvalue weighted by atomic mass is 9.98. The summed E-state index contributed by atoms with van der Waals surface area (Å²) in [6.07, 6.45) is -1.20. The molecule has 2 unspecified atom stereocenters. The molecule has 2 atom stereocenters. The minimum atomic E-state index is -1.20. The third kappa shape index (κ3) is 3.81. The molecule has 0 aliphatic rings. The number of hydrogen-bond donors (Lipinski definition) is 2. The highest BCUT2D eigenvalue weighted by atomic mass is 16.5. The number of amides is 1. The lowest BCUT2D eigenvalue weighted by Gasteiger charge is -2.33. The number of ether oxygens (including phenoxy) is 1. The van der Waals surface area contributed by atoms with E-state index in [1.807, 2.05) is 66.5 Å². The van der Waals surface area contributed by atoms with E-state index in [0.29, 0.717) is 0 Å². The van der Waals surface area contributed by atoms with Gasteiger partial charge in [0.05, 0.1) is 13.2 Å². The van der Waals surface area contributed by atoms with Crippen LogP contribution in [0.4, 0.5) is 5.69 Å². The number of carbonyl (C=O) groups excluding carboxylic acids is 1. The van der Waals surface area contributed by atoms with Gasteiger partial charge < -0.3 is 20.1 Å². The Balaban J connectivity index is 2.41. The van der Waals surface area contributed by atoms with Gasteiger partial charge in [-0.05, 0) is 17.7 Å². The van der Waals surface area contributed by atoms with Crippen molar-refractivity contribution in [1.29, 1.82) is 0 Å². The lowest BCUT2D eigenvalue weighted by molar-refractivity contribution is -0.129. The van der Waals surface area contributed by atoms with Crippen LogP contribution < -0.4 is 15.0 Å². The number of rotatable bonds is 6. The van der Waals surface area contributed by atoms with Gasteiger partial charge in [0.15, 0.2) is 6.10 Å². The average molecular weight is 314 g/mol. The Morgan fingerprint density at radius 1 is 1.17 bits per heavy atom. The summed E-state index contributed by atoms with van der Waals surface area (Å²) in [6, 6.07) is 16.5. The SMILES string of the molecule is CNC(=O)C(O)C(c1ccccc1)N(C)c1cccc(OC)c1. The van der Waals surface area contributed by atoms with Crippen LogP contribution in [0.2, 0.25) is 0 Å². The van der Waals surface area contributed by atoms with Gasteiger partial charge in [0.2, 0.25) is 0 Å². The molecule has 2 N–H and O–H groups in total. The molecule has 0 saturated heterocycles. The van der Waals surface area contributed by atoms with Crippen LogP contribution >= 0.6 is 0 Å². The van der Waals surface area contributed by atoms with Gasteiger partial charge >= 0.3 is 0 Å². The fourth-order valence-electron chi connectivity index (χ4n) is 2.55. The van der Waals surface area contributed by atoms with Crippen LogP contribution in [0, 0.1) is 0 Å². The molecule has 122 valence electrons. The first kappa shape index (κ1) is 16.8. The van der Waals surface area contributed by atoms with Crippen LogP contribution in [0.15, 0.2) is 54.6 Å². The predicted octanol–water partition coefficient (Wildman–Crippen LogP) is 1.98. The van der Waals surface area contributed by atoms with Gasteiger partial charge in [0.25, 0.3) is 5.91 Å². The van der Waals surface area contributed by atoms with Crippen LogP contribution in [0.5, 0.6) is 5.75 Å². The molecular formula is C18H22N2O3. The molecule has 5 heteroatoms. The number of anilines is 1. The highest BCUT2D eigenvalue weighted by molar-refractivity contribution is 5.82. The molecule has 0 spiro atoms. The number of benzene rings is 2. The Hall–Kier alpha value is -2.53. The van der Waals surface area contributed by atoms with Crippen molar-refractivity contribution in [1.82, 2.24) is 5.32 Å². The molecule has 2 rings (SSSR count). The Kier molecular flexibility index (Phi) is 5.60. The fourth-order valence-corrected chi connectivity index (χ4v) is 2.55. The number of methoxy groups -OCH3 is 1. The summed E-state index contributed by atoms with van der Waals surface area (Å²) in [7, 11) is 4.96. The topological polar surface area (TPSA) is 61.8 Å². The van der Waals surface area contributed by atoms with Crippen LogP contribution in [0.3, 0.4) is 0 Å². The van der Waals surface area contributed by atoms with Crippen molar-refractivity contribution in [2.45, 2.75) is 12.1 Å². The van der Waals surface area contributed by atoms with E-state index in [-0.39, 0.29) is 0 Å². The summed E-state index contributed by atoms with van der Waals surface area (Å²) in [4.78, 5) is 13.8. The zero-order valence-electron chi connectivity index (χ0n) is 13.6. The summed E-state index contributed by atoms with van der Waals surface area (Å²) in [5.74, 6) is 0.296. The molecule has 0 bridgehead atoms. The van der Waals surface area contributed by atoms with Crippen molar-refractivity contribution < 1.29 is 14.6 Å². The molecule has 23 heavy (non-hydrogen) atoms. The molecule has 5 nitrogen and oxygen atoms in total. The molecule has 0 aromatic heterocycles. The van der Waals surface area contributed by atoms with E-state index in [1.54, 1.807) is 7.11 Å². The normalized spacial score (nSPS) is 13.0. The zero-order chi connectivity index (χ0) is 16.8. The predicted molar refractivity (Wildman–Crippen MR) is 90.7 cm³/mol. The minimum absolute atomic E-state index is 0.423. The van der Waals surface area contributed by atoms with Crippen LogP contribution in [0.25, 0.3) is 0 Å². The quantitative estimate of drug-likeness (QED) is 0.856. The molecule has 1 amide bonds. The van der Waals surface area contributed by atoms with Crippen LogP contribution in [-0.2, 0) is 4.79 Å². The molecule has 0 aliphatic heterocycles. The highest BCUT2D eigenvalue weighted by Crippen LogP contribution is 2.30. The van der Waals surface area contributed by atoms with Crippen LogP contribution in [0.1, 0.15) is 11.6 Å². The number of carbonyl (C=O) groups is 1. The van der Waals surface area contributed by atoms with Gasteiger partial charge in [-0.15, -0.1) is 0 Å². The van der Waals surface area contributed by atoms with Crippen molar-refractivity contribution >= 4 is 11.6 Å². The van der Waals surface area contributed by atoms with Crippen molar-refractivity contribution in [2.75, 3.05) is 26.1 Å². The molecule has 2 aromatic rings. The number of nitrogens with one attached hydrogen (secondary N) is 1. The van der Waals surface area contributed by atoms with Crippen molar-refractivity contribution in [3.8, 4) is 5.75 Å². The van der Waals surface area contributed by atoms with E-state index >= 15 is 0 Å². The monoisotopic (exact) mass is 314 g/mol. The van der Waals surface area contributed by atoms with Gasteiger partial charge in [-0.3, -0.25) is 4.79 Å². The van der Waals surface area contributed by atoms with Crippen molar-refractivity contribution in [3.63, 3.8) is 0 Å². The number of aliphatic hydroxyl groups is 1. The van der Waals surface area contributed by atoms with Gasteiger partial charge in [-0.1, -0.05) is 36.4 Å². The molecule has 0 radical (unpaired) electrons. The van der Waals surface area contributed by atoms with Crippen molar-refractivity contribution in [2.24, 2.45) is 0 Å². The Bertz CT molecular complexity index is 646. The number of hydrogen-bond acceptors (Lipinski definition) is 4. The average Bonchev–Trinajstić information content (AvgIpc) is 2.61. The van der Waals surface area contributed by atoms with Gasteiger partial charge in [0.1, 0.15) is 5.75 Å². The maximum atomic E-state index is 12.0. The number of aliphatic hydroxyl groups excluding tert-OH is 1. The standard InChI is InChI=1S/C18H22N2O3/c1-19-18(22)17(21)16(13-8-5-4-6-9-13)20(2)14-10-7-11-15(12-14)23-3/h4-12,16-17,21H,1-3H3,(H,19,22). The summed E-state index contributed by atoms with van der Waals surface area (Å²) in [5.41, 5.74) is 1.70. The lowest BCUT2D eigenvalue weighted by Crippen LogP contribution is -2.43. The van der Waals surface area contributed by atoms with E-state index in [1.165, 1.54) is 7.05 Å². The van der Waals surface area contributed by atoms with Crippen molar-refractivity contribution in [3.05, 3.63) is 60.2 Å². The molecule has 0 fully saturated rings. The second-order valence-electron chi connectivity index (χ2n) is 5.23. The molecule has 0 aliphatic carbocycles. The maximum Gasteiger partial charge on any atom is 0.251 e. The zero-order valence-corrected chi connectivity index (χ0v) is 13.6. The van der Waals surface area contributed by atoms with E-state index < -0.39 is 18.1 Å². The van der Waals surface area contributed by atoms with E-state index in [4.69, 9.17) is 4.74 Å². The Labute approximate surface area is 136 Å². The Morgan fingerprint density at radius 2 is 1.87 bits per heavy atom. The van der Waals surface area contributed by atoms with Gasteiger partial charge in [0, 0.05) is 25.8 Å². The Morgan fingerprint density at radius 3 is 2.48 bits per heavy atom. The minimum Gasteiger partial charge on any atom is -0.497 e. The first-order valence-corrected chi connectivity index (χ1v) is 7.40. The summed E-state index contributed by atoms with van der Waals surface area (Å²) in [5, 5.41) is 13.0. The molecule has 0 heterocycles. The third-order valence-electron chi connectivity index (χ3n) is 3.83. The summed E-state index contributed by atoms with van der Waals surface area (Å²) in [6.45, 7) is 0. The summed E-state index contributed by atoms with van der Waals surface area (Å²) < 4.78 is 5.25. The second kappa shape index (κ2) is 7.65. The van der Waals surface area contributed by atoms with Gasteiger partial charge in [-0.2, -0.15) is 0 Å². The second-order valence-corrected chi connectivity index (χ2v) is 5.23. The molecule has 0 saturated carbocycles.